The van der Waals surface area contributed by atoms with Crippen LogP contribution < -0.4 is 5.32 Å². The lowest BCUT2D eigenvalue weighted by Gasteiger charge is -2.35. The number of dihydropyridines is 1. The van der Waals surface area contributed by atoms with Gasteiger partial charge in [0.1, 0.15) is 11.9 Å². The Morgan fingerprint density at radius 1 is 1.40 bits per heavy atom. The molecule has 0 spiro atoms. The third kappa shape index (κ3) is 2.34. The van der Waals surface area contributed by atoms with Crippen LogP contribution in [0.25, 0.3) is 0 Å². The maximum atomic E-state index is 6.11. The zero-order chi connectivity index (χ0) is 14.1. The van der Waals surface area contributed by atoms with Crippen molar-refractivity contribution in [3.63, 3.8) is 0 Å². The molecule has 2 atom stereocenters. The molecular weight excluding hydrogens is 270 g/mol. The first-order valence-electron chi connectivity index (χ1n) is 6.93. The Morgan fingerprint density at radius 2 is 2.25 bits per heavy atom. The molecule has 0 amide bonds. The molecule has 0 aliphatic carbocycles. The van der Waals surface area contributed by atoms with Crippen molar-refractivity contribution in [3.8, 4) is 0 Å². The van der Waals surface area contributed by atoms with Crippen molar-refractivity contribution >= 4 is 17.9 Å². The summed E-state index contributed by atoms with van der Waals surface area (Å²) < 4.78 is 0. The highest BCUT2D eigenvalue weighted by Crippen LogP contribution is 2.34. The molecule has 0 saturated carbocycles. The number of benzene rings is 1. The lowest BCUT2D eigenvalue weighted by Crippen LogP contribution is -2.40. The topological polar surface area (TPSA) is 27.6 Å². The molecule has 0 fully saturated rings. The molecule has 4 heteroatoms. The van der Waals surface area contributed by atoms with E-state index in [1.807, 2.05) is 24.5 Å². The summed E-state index contributed by atoms with van der Waals surface area (Å²) in [5.74, 6) is 1.16. The number of rotatable bonds is 2. The molecule has 0 bridgehead atoms. The Hall–Kier alpha value is -1.74. The van der Waals surface area contributed by atoms with Gasteiger partial charge in [-0.05, 0) is 31.5 Å². The summed E-state index contributed by atoms with van der Waals surface area (Å²) in [6, 6.07) is 8.29. The normalized spacial score (nSPS) is 24.6. The fraction of sp³-hybridized carbons (Fsp3) is 0.312. The van der Waals surface area contributed by atoms with Crippen molar-refractivity contribution in [2.24, 2.45) is 4.99 Å². The summed E-state index contributed by atoms with van der Waals surface area (Å²) in [5.41, 5.74) is 2.33. The summed E-state index contributed by atoms with van der Waals surface area (Å²) in [4.78, 5) is 6.84. The van der Waals surface area contributed by atoms with E-state index >= 15 is 0 Å². The molecular formula is C16H18ClN3. The molecule has 1 aromatic rings. The number of hydrogen-bond donors (Lipinski definition) is 1. The van der Waals surface area contributed by atoms with Gasteiger partial charge in [-0.15, -0.1) is 0 Å². The number of halogens is 1. The minimum Gasteiger partial charge on any atom is -0.365 e. The Morgan fingerprint density at radius 3 is 3.00 bits per heavy atom. The van der Waals surface area contributed by atoms with Crippen molar-refractivity contribution < 1.29 is 0 Å². The molecule has 104 valence electrons. The molecule has 20 heavy (non-hydrogen) atoms. The van der Waals surface area contributed by atoms with E-state index in [9.17, 15) is 0 Å². The summed E-state index contributed by atoms with van der Waals surface area (Å²) >= 11 is 6.11. The third-order valence-corrected chi connectivity index (χ3v) is 3.88. The van der Waals surface area contributed by atoms with Gasteiger partial charge in [0.05, 0.1) is 6.34 Å². The largest absolute Gasteiger partial charge is 0.365 e. The van der Waals surface area contributed by atoms with E-state index in [0.29, 0.717) is 6.04 Å². The van der Waals surface area contributed by atoms with Crippen molar-refractivity contribution in [2.75, 3.05) is 6.54 Å². The zero-order valence-corrected chi connectivity index (χ0v) is 12.4. The third-order valence-electron chi connectivity index (χ3n) is 3.64. The average molecular weight is 288 g/mol. The van der Waals surface area contributed by atoms with Gasteiger partial charge in [0.2, 0.25) is 0 Å². The molecule has 2 heterocycles. The van der Waals surface area contributed by atoms with Gasteiger partial charge < -0.3 is 10.2 Å². The fourth-order valence-corrected chi connectivity index (χ4v) is 2.81. The van der Waals surface area contributed by atoms with Gasteiger partial charge in [0, 0.05) is 23.2 Å². The SMILES string of the molecule is CCN1C=NC(c2cccc(Cl)c2)C2=C1NC(C)C=C2. The molecule has 0 radical (unpaired) electrons. The van der Waals surface area contributed by atoms with Crippen LogP contribution >= 0.6 is 11.6 Å². The van der Waals surface area contributed by atoms with Crippen LogP contribution in [0.2, 0.25) is 5.02 Å². The lowest BCUT2D eigenvalue weighted by molar-refractivity contribution is 0.454. The Bertz CT molecular complexity index is 603. The zero-order valence-electron chi connectivity index (χ0n) is 11.7. The van der Waals surface area contributed by atoms with Crippen LogP contribution in [0.4, 0.5) is 0 Å². The van der Waals surface area contributed by atoms with Gasteiger partial charge in [-0.3, -0.25) is 4.99 Å². The molecule has 2 aliphatic heterocycles. The molecule has 3 rings (SSSR count). The monoisotopic (exact) mass is 287 g/mol. The van der Waals surface area contributed by atoms with Crippen molar-refractivity contribution in [3.05, 3.63) is 58.4 Å². The smallest absolute Gasteiger partial charge is 0.113 e. The summed E-state index contributed by atoms with van der Waals surface area (Å²) in [5, 5.41) is 4.28. The lowest BCUT2D eigenvalue weighted by atomic mass is 9.95. The first kappa shape index (κ1) is 13.3. The maximum Gasteiger partial charge on any atom is 0.113 e. The summed E-state index contributed by atoms with van der Waals surface area (Å²) in [6.07, 6.45) is 6.27. The fourth-order valence-electron chi connectivity index (χ4n) is 2.61. The van der Waals surface area contributed by atoms with Crippen LogP contribution in [-0.4, -0.2) is 23.8 Å². The van der Waals surface area contributed by atoms with Crippen LogP contribution in [0.1, 0.15) is 25.5 Å². The van der Waals surface area contributed by atoms with E-state index < -0.39 is 0 Å². The standard InChI is InChI=1S/C16H18ClN3/c1-3-20-10-18-15(12-5-4-6-13(17)9-12)14-8-7-11(2)19-16(14)20/h4-11,15,19H,3H2,1-2H3. The number of nitrogens with one attached hydrogen (secondary N) is 1. The number of nitrogens with zero attached hydrogens (tertiary/aromatic N) is 2. The second-order valence-corrected chi connectivity index (χ2v) is 5.54. The number of aliphatic imine (C=N–C) groups is 1. The highest BCUT2D eigenvalue weighted by atomic mass is 35.5. The molecule has 1 N–H and O–H groups in total. The van der Waals surface area contributed by atoms with Gasteiger partial charge in [-0.2, -0.15) is 0 Å². The van der Waals surface area contributed by atoms with Gasteiger partial charge >= 0.3 is 0 Å². The number of hydrogen-bond acceptors (Lipinski definition) is 3. The Kier molecular flexibility index (Phi) is 3.53. The van der Waals surface area contributed by atoms with Crippen LogP contribution in [0.5, 0.6) is 0 Å². The van der Waals surface area contributed by atoms with Gasteiger partial charge in [0.15, 0.2) is 0 Å². The van der Waals surface area contributed by atoms with Gasteiger partial charge in [-0.25, -0.2) is 0 Å². The maximum absolute atomic E-state index is 6.11. The second kappa shape index (κ2) is 5.33. The van der Waals surface area contributed by atoms with E-state index in [0.717, 1.165) is 23.0 Å². The molecule has 2 aliphatic rings. The molecule has 1 aromatic carbocycles. The predicted octanol–water partition coefficient (Wildman–Crippen LogP) is 3.50. The Balaban J connectivity index is 2.03. The molecule has 3 nitrogen and oxygen atoms in total. The second-order valence-electron chi connectivity index (χ2n) is 5.10. The highest BCUT2D eigenvalue weighted by Gasteiger charge is 2.27. The van der Waals surface area contributed by atoms with Crippen molar-refractivity contribution in [1.82, 2.24) is 10.2 Å². The van der Waals surface area contributed by atoms with Crippen LogP contribution in [0.3, 0.4) is 0 Å². The minimum absolute atomic E-state index is 0.0164. The van der Waals surface area contributed by atoms with E-state index in [1.165, 1.54) is 5.57 Å². The van der Waals surface area contributed by atoms with E-state index in [4.69, 9.17) is 16.6 Å². The minimum atomic E-state index is 0.0164. The van der Waals surface area contributed by atoms with Crippen LogP contribution in [0.15, 0.2) is 52.8 Å². The van der Waals surface area contributed by atoms with E-state index in [2.05, 4.69) is 42.3 Å². The molecule has 0 saturated heterocycles. The predicted molar refractivity (Wildman–Crippen MR) is 83.8 cm³/mol. The Labute approximate surface area is 124 Å². The van der Waals surface area contributed by atoms with Crippen molar-refractivity contribution in [2.45, 2.75) is 25.9 Å². The van der Waals surface area contributed by atoms with Crippen LogP contribution in [0, 0.1) is 0 Å². The first-order valence-corrected chi connectivity index (χ1v) is 7.31. The average Bonchev–Trinajstić information content (AvgIpc) is 2.46. The highest BCUT2D eigenvalue weighted by molar-refractivity contribution is 6.30. The van der Waals surface area contributed by atoms with E-state index in [-0.39, 0.29) is 6.04 Å². The van der Waals surface area contributed by atoms with E-state index in [1.54, 1.807) is 0 Å². The first-order chi connectivity index (χ1) is 9.69. The molecule has 0 aromatic heterocycles. The molecule has 2 unspecified atom stereocenters. The van der Waals surface area contributed by atoms with Crippen LogP contribution in [-0.2, 0) is 0 Å². The summed E-state index contributed by atoms with van der Waals surface area (Å²) in [7, 11) is 0. The quantitative estimate of drug-likeness (QED) is 0.901. The summed E-state index contributed by atoms with van der Waals surface area (Å²) in [6.45, 7) is 5.17. The van der Waals surface area contributed by atoms with Gasteiger partial charge in [-0.1, -0.05) is 35.9 Å². The van der Waals surface area contributed by atoms with Gasteiger partial charge in [0.25, 0.3) is 0 Å². The van der Waals surface area contributed by atoms with Crippen molar-refractivity contribution in [1.29, 1.82) is 0 Å².